The van der Waals surface area contributed by atoms with Gasteiger partial charge in [0.1, 0.15) is 5.75 Å². The van der Waals surface area contributed by atoms with Crippen LogP contribution in [0.15, 0.2) is 70.6 Å². The van der Waals surface area contributed by atoms with Gasteiger partial charge < -0.3 is 25.0 Å². The maximum atomic E-state index is 14.3. The average molecular weight is 833 g/mol. The van der Waals surface area contributed by atoms with Crippen LogP contribution in [0.4, 0.5) is 22.7 Å². The Morgan fingerprint density at radius 3 is 2.08 bits per heavy atom. The minimum absolute atomic E-state index is 0.0826. The Bertz CT molecular complexity index is 1980. The topological polar surface area (TPSA) is 168 Å². The lowest BCUT2D eigenvalue weighted by Crippen LogP contribution is -2.35. The van der Waals surface area contributed by atoms with Crippen LogP contribution in [0.25, 0.3) is 0 Å². The lowest BCUT2D eigenvalue weighted by molar-refractivity contribution is -0.110. The Labute approximate surface area is 351 Å². The normalized spacial score (nSPS) is 11.9. The first-order valence-corrected chi connectivity index (χ1v) is 22.7. The van der Waals surface area contributed by atoms with Crippen LogP contribution < -0.4 is 25.0 Å². The number of aliphatic imine (C=N–C) groups is 2. The monoisotopic (exact) mass is 832 g/mol. The number of nitrogens with one attached hydrogen (secondary N) is 3. The predicted molar refractivity (Wildman–Crippen MR) is 241 cm³/mol. The number of benzene rings is 3. The molecule has 0 aromatic heterocycles. The summed E-state index contributed by atoms with van der Waals surface area (Å²) in [6.45, 7) is 7.68. The maximum absolute atomic E-state index is 14.3. The number of para-hydroxylation sites is 1. The van der Waals surface area contributed by atoms with Gasteiger partial charge in [-0.15, -0.1) is 0 Å². The van der Waals surface area contributed by atoms with E-state index in [4.69, 9.17) is 14.5 Å². The average Bonchev–Trinajstić information content (AvgIpc) is 3.22. The highest BCUT2D eigenvalue weighted by Gasteiger charge is 2.23. The zero-order valence-electron chi connectivity index (χ0n) is 35.8. The molecule has 3 aromatic carbocycles. The molecule has 14 heteroatoms. The van der Waals surface area contributed by atoms with E-state index in [2.05, 4.69) is 27.3 Å². The number of carbonyl (C=O) groups is 3. The van der Waals surface area contributed by atoms with Gasteiger partial charge in [-0.3, -0.25) is 14.6 Å². The second kappa shape index (κ2) is 26.1. The van der Waals surface area contributed by atoms with Crippen molar-refractivity contribution < 1.29 is 32.3 Å². The number of amidine groups is 1. The highest BCUT2D eigenvalue weighted by Crippen LogP contribution is 2.28. The van der Waals surface area contributed by atoms with Crippen LogP contribution in [0, 0.1) is 6.92 Å². The number of hydrogen-bond acceptors (Lipinski definition) is 10. The smallest absolute Gasteiger partial charge is 0.338 e. The predicted octanol–water partition coefficient (Wildman–Crippen LogP) is 8.90. The van der Waals surface area contributed by atoms with Crippen molar-refractivity contribution in [3.63, 3.8) is 0 Å². The molecule has 0 spiro atoms. The van der Waals surface area contributed by atoms with Gasteiger partial charge in [0.25, 0.3) is 5.91 Å². The number of rotatable bonds is 27. The second-order valence-corrected chi connectivity index (χ2v) is 16.3. The highest BCUT2D eigenvalue weighted by atomic mass is 32.2. The van der Waals surface area contributed by atoms with E-state index in [-0.39, 0.29) is 29.3 Å². The Balaban J connectivity index is 1.78. The summed E-state index contributed by atoms with van der Waals surface area (Å²) in [7, 11) is -0.366. The molecule has 3 rings (SSSR count). The molecular formula is C45H64N6O7S. The van der Waals surface area contributed by atoms with E-state index in [1.807, 2.05) is 30.9 Å². The summed E-state index contributed by atoms with van der Waals surface area (Å²) >= 11 is 0. The zero-order chi connectivity index (χ0) is 43.0. The van der Waals surface area contributed by atoms with Crippen LogP contribution in [-0.4, -0.2) is 84.8 Å². The SMILES string of the molecule is CCCCCCCCCCCCCCOC(=O)c1ccc(OC)c(NC(=O)C(=Nc2ccc(N(CC)CCNS(C)(=O)=O)cc2C)C(=NC)Nc2ccccc2C=O)c1. The largest absolute Gasteiger partial charge is 0.495 e. The third-order valence-electron chi connectivity index (χ3n) is 9.82. The van der Waals surface area contributed by atoms with E-state index in [1.165, 1.54) is 78.0 Å². The molecule has 0 heterocycles. The van der Waals surface area contributed by atoms with Crippen molar-refractivity contribution in [3.8, 4) is 5.75 Å². The lowest BCUT2D eigenvalue weighted by atomic mass is 10.1. The van der Waals surface area contributed by atoms with Crippen molar-refractivity contribution in [2.75, 3.05) is 62.2 Å². The third kappa shape index (κ3) is 17.0. The zero-order valence-corrected chi connectivity index (χ0v) is 36.6. The van der Waals surface area contributed by atoms with Gasteiger partial charge in [-0.05, 0) is 74.4 Å². The molecule has 3 aromatic rings. The first-order valence-electron chi connectivity index (χ1n) is 20.8. The van der Waals surface area contributed by atoms with Gasteiger partial charge in [0, 0.05) is 37.9 Å². The number of unbranched alkanes of at least 4 members (excludes halogenated alkanes) is 11. The number of likely N-dealkylation sites (N-methyl/N-ethyl adjacent to an activating group) is 1. The van der Waals surface area contributed by atoms with Gasteiger partial charge in [-0.25, -0.2) is 22.9 Å². The van der Waals surface area contributed by atoms with E-state index in [1.54, 1.807) is 42.5 Å². The summed E-state index contributed by atoms with van der Waals surface area (Å²) < 4.78 is 36.9. The summed E-state index contributed by atoms with van der Waals surface area (Å²) in [6, 6.07) is 17.0. The summed E-state index contributed by atoms with van der Waals surface area (Å²) in [5.74, 6) is -0.770. The molecule has 3 N–H and O–H groups in total. The molecule has 0 bridgehead atoms. The number of aryl methyl sites for hydroxylation is 1. The number of methoxy groups -OCH3 is 1. The van der Waals surface area contributed by atoms with Crippen LogP contribution in [0.2, 0.25) is 0 Å². The Kier molecular flexibility index (Phi) is 21.4. The number of aldehydes is 1. The maximum Gasteiger partial charge on any atom is 0.338 e. The van der Waals surface area contributed by atoms with Crippen LogP contribution in [-0.2, 0) is 19.6 Å². The molecular weight excluding hydrogens is 769 g/mol. The minimum Gasteiger partial charge on any atom is -0.495 e. The minimum atomic E-state index is -3.33. The summed E-state index contributed by atoms with van der Waals surface area (Å²) in [4.78, 5) is 50.5. The molecule has 59 heavy (non-hydrogen) atoms. The van der Waals surface area contributed by atoms with E-state index >= 15 is 0 Å². The Hall–Kier alpha value is -5.08. The molecule has 13 nitrogen and oxygen atoms in total. The lowest BCUT2D eigenvalue weighted by Gasteiger charge is -2.24. The summed E-state index contributed by atoms with van der Waals surface area (Å²) in [6.07, 6.45) is 16.3. The number of sulfonamides is 1. The molecule has 0 saturated heterocycles. The molecule has 0 aliphatic carbocycles. The van der Waals surface area contributed by atoms with Crippen molar-refractivity contribution in [3.05, 3.63) is 77.4 Å². The van der Waals surface area contributed by atoms with Crippen molar-refractivity contribution in [2.24, 2.45) is 9.98 Å². The third-order valence-corrected chi connectivity index (χ3v) is 10.6. The Morgan fingerprint density at radius 1 is 0.831 bits per heavy atom. The molecule has 0 radical (unpaired) electrons. The number of ether oxygens (including phenoxy) is 2. The molecule has 0 aliphatic heterocycles. The molecule has 0 fully saturated rings. The number of esters is 1. The number of amides is 1. The fourth-order valence-corrected chi connectivity index (χ4v) is 6.96. The molecule has 0 atom stereocenters. The van der Waals surface area contributed by atoms with Crippen LogP contribution in [0.1, 0.15) is 117 Å². The van der Waals surface area contributed by atoms with Gasteiger partial charge in [0.15, 0.2) is 17.8 Å². The highest BCUT2D eigenvalue weighted by molar-refractivity contribution is 7.88. The van der Waals surface area contributed by atoms with Crippen LogP contribution in [0.3, 0.4) is 0 Å². The van der Waals surface area contributed by atoms with Crippen LogP contribution in [0.5, 0.6) is 5.75 Å². The fraction of sp³-hybridized carbons (Fsp3) is 0.489. The number of hydrogen-bond donors (Lipinski definition) is 3. The second-order valence-electron chi connectivity index (χ2n) is 14.5. The Morgan fingerprint density at radius 2 is 1.49 bits per heavy atom. The quantitative estimate of drug-likeness (QED) is 0.0223. The molecule has 0 unspecified atom stereocenters. The first kappa shape index (κ1) is 48.3. The summed E-state index contributed by atoms with van der Waals surface area (Å²) in [5, 5.41) is 5.96. The summed E-state index contributed by atoms with van der Waals surface area (Å²) in [5.41, 5.74) is 3.21. The van der Waals surface area contributed by atoms with Gasteiger partial charge in [0.05, 0.1) is 42.6 Å². The molecule has 1 amide bonds. The fourth-order valence-electron chi connectivity index (χ4n) is 6.50. The van der Waals surface area contributed by atoms with Crippen molar-refractivity contribution in [1.82, 2.24) is 4.72 Å². The number of nitrogens with zero attached hydrogens (tertiary/aromatic N) is 3. The number of carbonyl (C=O) groups excluding carboxylic acids is 3. The standard InChI is InChI=1S/C45H64N6O7S/c1-7-9-10-11-12-13-14-15-16-17-18-21-30-58-45(54)35-24-27-41(57-5)40(32-35)50-44(53)42(43(46-4)49-39-23-20-19-22-36(39)33-52)48-38-26-25-37(31-34(38)3)51(8-2)29-28-47-59(6,55)56/h19-20,22-27,31-33,47H,7-18,21,28-30H2,1-6H3,(H,46,49)(H,50,53). The van der Waals surface area contributed by atoms with E-state index in [9.17, 15) is 22.8 Å². The molecule has 0 saturated carbocycles. The number of anilines is 3. The van der Waals surface area contributed by atoms with Crippen molar-refractivity contribution in [2.45, 2.75) is 97.8 Å². The van der Waals surface area contributed by atoms with E-state index < -0.39 is 21.9 Å². The van der Waals surface area contributed by atoms with Gasteiger partial charge >= 0.3 is 5.97 Å². The van der Waals surface area contributed by atoms with Gasteiger partial charge in [-0.2, -0.15) is 0 Å². The van der Waals surface area contributed by atoms with Gasteiger partial charge in [-0.1, -0.05) is 89.7 Å². The first-order chi connectivity index (χ1) is 28.4. The van der Waals surface area contributed by atoms with E-state index in [0.717, 1.165) is 36.8 Å². The van der Waals surface area contributed by atoms with E-state index in [0.29, 0.717) is 48.7 Å². The van der Waals surface area contributed by atoms with Gasteiger partial charge in [0.2, 0.25) is 10.0 Å². The van der Waals surface area contributed by atoms with Crippen molar-refractivity contribution >= 4 is 62.5 Å². The van der Waals surface area contributed by atoms with Crippen molar-refractivity contribution in [1.29, 1.82) is 0 Å². The molecule has 322 valence electrons. The molecule has 0 aliphatic rings. The van der Waals surface area contributed by atoms with Crippen LogP contribution >= 0.6 is 0 Å².